The van der Waals surface area contributed by atoms with Crippen molar-refractivity contribution in [1.29, 1.82) is 0 Å². The molecule has 1 aliphatic rings. The van der Waals surface area contributed by atoms with Gasteiger partial charge >= 0.3 is 0 Å². The van der Waals surface area contributed by atoms with E-state index in [1.807, 2.05) is 13.8 Å². The Morgan fingerprint density at radius 2 is 1.78 bits per heavy atom. The zero-order valence-electron chi connectivity index (χ0n) is 14.4. The Bertz CT molecular complexity index is 266. The van der Waals surface area contributed by atoms with Gasteiger partial charge in [0.05, 0.1) is 0 Å². The average Bonchev–Trinajstić information content (AvgIpc) is 2.25. The van der Waals surface area contributed by atoms with E-state index < -0.39 is 0 Å². The lowest BCUT2D eigenvalue weighted by Crippen LogP contribution is -2.28. The highest BCUT2D eigenvalue weighted by Crippen LogP contribution is 2.44. The van der Waals surface area contributed by atoms with Crippen molar-refractivity contribution in [3.8, 4) is 0 Å². The largest absolute Gasteiger partial charge is 0.0850 e. The van der Waals surface area contributed by atoms with Crippen molar-refractivity contribution >= 4 is 0 Å². The predicted molar refractivity (Wildman–Crippen MR) is 84.8 cm³/mol. The Kier molecular flexibility index (Phi) is 6.68. The molecule has 0 aromatic rings. The van der Waals surface area contributed by atoms with Crippen LogP contribution in [0.25, 0.3) is 0 Å². The van der Waals surface area contributed by atoms with Gasteiger partial charge < -0.3 is 0 Å². The van der Waals surface area contributed by atoms with Crippen LogP contribution >= 0.6 is 0 Å². The molecule has 18 heavy (non-hydrogen) atoms. The van der Waals surface area contributed by atoms with E-state index in [0.29, 0.717) is 10.8 Å². The van der Waals surface area contributed by atoms with Crippen molar-refractivity contribution in [1.82, 2.24) is 0 Å². The first kappa shape index (κ1) is 17.7. The lowest BCUT2D eigenvalue weighted by atomic mass is 9.66. The Labute approximate surface area is 116 Å². The number of rotatable bonds is 3. The second kappa shape index (κ2) is 6.78. The zero-order valence-corrected chi connectivity index (χ0v) is 14.4. The van der Waals surface area contributed by atoms with E-state index in [4.69, 9.17) is 0 Å². The molecule has 0 aromatic carbocycles. The molecule has 0 heterocycles. The van der Waals surface area contributed by atoms with Crippen molar-refractivity contribution < 1.29 is 0 Å². The van der Waals surface area contributed by atoms with Crippen LogP contribution in [0, 0.1) is 22.7 Å². The highest BCUT2D eigenvalue weighted by atomic mass is 14.4. The fraction of sp³-hybridized carbons (Fsp3) is 0.889. The fourth-order valence-corrected chi connectivity index (χ4v) is 2.42. The average molecular weight is 252 g/mol. The first-order valence-corrected chi connectivity index (χ1v) is 7.83. The number of hydrogen-bond donors (Lipinski definition) is 0. The molecule has 0 radical (unpaired) electrons. The minimum Gasteiger partial charge on any atom is -0.0850 e. The van der Waals surface area contributed by atoms with Crippen LogP contribution in [0.15, 0.2) is 11.6 Å². The molecule has 0 aliphatic heterocycles. The molecule has 0 nitrogen and oxygen atoms in total. The monoisotopic (exact) mass is 252 g/mol. The number of allylic oxidation sites excluding steroid dienone is 2. The van der Waals surface area contributed by atoms with Crippen molar-refractivity contribution in [2.24, 2.45) is 22.7 Å². The summed E-state index contributed by atoms with van der Waals surface area (Å²) in [5.74, 6) is 1.59. The van der Waals surface area contributed by atoms with Crippen molar-refractivity contribution in [2.75, 3.05) is 0 Å². The Morgan fingerprint density at radius 1 is 1.28 bits per heavy atom. The van der Waals surface area contributed by atoms with Gasteiger partial charge in [0.2, 0.25) is 0 Å². The summed E-state index contributed by atoms with van der Waals surface area (Å²) in [6.45, 7) is 20.7. The Balaban J connectivity index is 0.00000137. The third-order valence-electron chi connectivity index (χ3n) is 5.02. The first-order valence-electron chi connectivity index (χ1n) is 7.83. The zero-order chi connectivity index (χ0) is 14.6. The summed E-state index contributed by atoms with van der Waals surface area (Å²) in [7, 11) is 0. The van der Waals surface area contributed by atoms with Gasteiger partial charge in [0.1, 0.15) is 0 Å². The lowest BCUT2D eigenvalue weighted by Gasteiger charge is -2.39. The van der Waals surface area contributed by atoms with E-state index in [2.05, 4.69) is 54.5 Å². The minimum atomic E-state index is 0.447. The van der Waals surface area contributed by atoms with Crippen molar-refractivity contribution in [3.63, 3.8) is 0 Å². The molecule has 0 saturated heterocycles. The van der Waals surface area contributed by atoms with E-state index in [0.717, 1.165) is 11.8 Å². The van der Waals surface area contributed by atoms with Gasteiger partial charge in [0.15, 0.2) is 0 Å². The standard InChI is InChI=1S/C16H30.C2H6/c1-12(2)15(4,5)10-14-9-8-13(3)16(6,7)11-14;1-2/h9,12-13H,8,10-11H2,1-7H3;1-2H3/t13-;/m1./s1. The SMILES string of the molecule is CC.CC(C)C(C)(C)CC1=CC[C@@H](C)C(C)(C)C1. The molecule has 1 aliphatic carbocycles. The Morgan fingerprint density at radius 3 is 2.17 bits per heavy atom. The van der Waals surface area contributed by atoms with Gasteiger partial charge in [0, 0.05) is 0 Å². The van der Waals surface area contributed by atoms with Gasteiger partial charge in [-0.05, 0) is 41.9 Å². The topological polar surface area (TPSA) is 0 Å². The molecule has 0 N–H and O–H groups in total. The van der Waals surface area contributed by atoms with Crippen LogP contribution in [0.3, 0.4) is 0 Å². The highest BCUT2D eigenvalue weighted by molar-refractivity contribution is 5.13. The lowest BCUT2D eigenvalue weighted by molar-refractivity contribution is 0.192. The van der Waals surface area contributed by atoms with E-state index in [1.54, 1.807) is 5.57 Å². The maximum absolute atomic E-state index is 2.51. The smallest absolute Gasteiger partial charge is 0.0266 e. The summed E-state index contributed by atoms with van der Waals surface area (Å²) in [6.07, 6.45) is 6.36. The van der Waals surface area contributed by atoms with E-state index in [9.17, 15) is 0 Å². The van der Waals surface area contributed by atoms with Gasteiger partial charge in [0.25, 0.3) is 0 Å². The second-order valence-electron chi connectivity index (χ2n) is 7.48. The molecule has 108 valence electrons. The molecule has 0 heteroatoms. The van der Waals surface area contributed by atoms with E-state index >= 15 is 0 Å². The van der Waals surface area contributed by atoms with Gasteiger partial charge in [-0.2, -0.15) is 0 Å². The quantitative estimate of drug-likeness (QED) is 0.505. The maximum Gasteiger partial charge on any atom is -0.0266 e. The highest BCUT2D eigenvalue weighted by Gasteiger charge is 2.32. The third-order valence-corrected chi connectivity index (χ3v) is 5.02. The van der Waals surface area contributed by atoms with Crippen LogP contribution in [-0.2, 0) is 0 Å². The Hall–Kier alpha value is -0.260. The van der Waals surface area contributed by atoms with Gasteiger partial charge in [-0.3, -0.25) is 0 Å². The van der Waals surface area contributed by atoms with Crippen LogP contribution < -0.4 is 0 Å². The van der Waals surface area contributed by atoms with Crippen LogP contribution in [-0.4, -0.2) is 0 Å². The molecular weight excluding hydrogens is 216 g/mol. The molecule has 0 amide bonds. The molecule has 0 unspecified atom stereocenters. The molecule has 1 rings (SSSR count). The summed E-state index contributed by atoms with van der Waals surface area (Å²) in [5.41, 5.74) is 2.64. The van der Waals surface area contributed by atoms with Crippen LogP contribution in [0.5, 0.6) is 0 Å². The van der Waals surface area contributed by atoms with Gasteiger partial charge in [-0.1, -0.05) is 74.0 Å². The first-order chi connectivity index (χ1) is 8.15. The summed E-state index contributed by atoms with van der Waals surface area (Å²) < 4.78 is 0. The van der Waals surface area contributed by atoms with Crippen LogP contribution in [0.2, 0.25) is 0 Å². The molecule has 0 fully saturated rings. The predicted octanol–water partition coefficient (Wildman–Crippen LogP) is 6.47. The summed E-state index contributed by atoms with van der Waals surface area (Å²) in [6, 6.07) is 0. The normalized spacial score (nSPS) is 23.2. The number of hydrogen-bond acceptors (Lipinski definition) is 0. The molecule has 0 bridgehead atoms. The minimum absolute atomic E-state index is 0.447. The maximum atomic E-state index is 2.51. The molecule has 0 aromatic heterocycles. The van der Waals surface area contributed by atoms with Crippen LogP contribution in [0.4, 0.5) is 0 Å². The molecule has 0 saturated carbocycles. The van der Waals surface area contributed by atoms with E-state index in [1.165, 1.54) is 19.3 Å². The molecule has 1 atom stereocenters. The summed E-state index contributed by atoms with van der Waals surface area (Å²) >= 11 is 0. The van der Waals surface area contributed by atoms with E-state index in [-0.39, 0.29) is 0 Å². The summed E-state index contributed by atoms with van der Waals surface area (Å²) in [5, 5.41) is 0. The third kappa shape index (κ3) is 4.78. The molecule has 0 spiro atoms. The summed E-state index contributed by atoms with van der Waals surface area (Å²) in [4.78, 5) is 0. The molecular formula is C18H36. The van der Waals surface area contributed by atoms with Crippen molar-refractivity contribution in [3.05, 3.63) is 11.6 Å². The van der Waals surface area contributed by atoms with Gasteiger partial charge in [-0.15, -0.1) is 0 Å². The van der Waals surface area contributed by atoms with Crippen LogP contribution in [0.1, 0.15) is 81.6 Å². The second-order valence-corrected chi connectivity index (χ2v) is 7.48. The fourth-order valence-electron chi connectivity index (χ4n) is 2.42. The van der Waals surface area contributed by atoms with Gasteiger partial charge in [-0.25, -0.2) is 0 Å². The van der Waals surface area contributed by atoms with Crippen molar-refractivity contribution in [2.45, 2.75) is 81.6 Å².